The van der Waals surface area contributed by atoms with Crippen LogP contribution in [0.2, 0.25) is 5.02 Å². The molecule has 3 rings (SSSR count). The third-order valence-corrected chi connectivity index (χ3v) is 4.60. The van der Waals surface area contributed by atoms with Gasteiger partial charge in [-0.3, -0.25) is 19.0 Å². The van der Waals surface area contributed by atoms with E-state index in [-0.39, 0.29) is 11.4 Å². The first-order chi connectivity index (χ1) is 14.4. The zero-order chi connectivity index (χ0) is 21.8. The van der Waals surface area contributed by atoms with Crippen molar-refractivity contribution >= 4 is 35.0 Å². The third kappa shape index (κ3) is 3.96. The molecule has 3 amide bonds. The van der Waals surface area contributed by atoms with Crippen LogP contribution in [0, 0.1) is 0 Å². The second-order valence-electron chi connectivity index (χ2n) is 6.07. The molecule has 0 unspecified atom stereocenters. The number of anilines is 1. The minimum absolute atomic E-state index is 0.0794. The summed E-state index contributed by atoms with van der Waals surface area (Å²) < 4.78 is 6.74. The highest BCUT2D eigenvalue weighted by Crippen LogP contribution is 2.29. The Bertz CT molecular complexity index is 1140. The monoisotopic (exact) mass is 427 g/mol. The number of nitrogens with zero attached hydrogens (tertiary/aromatic N) is 2. The van der Waals surface area contributed by atoms with Crippen molar-refractivity contribution in [3.05, 3.63) is 70.8 Å². The number of rotatable bonds is 6. The zero-order valence-electron chi connectivity index (χ0n) is 16.1. The average molecular weight is 428 g/mol. The van der Waals surface area contributed by atoms with Crippen LogP contribution >= 0.6 is 11.6 Å². The first-order valence-electron chi connectivity index (χ1n) is 8.71. The normalized spacial score (nSPS) is 10.4. The summed E-state index contributed by atoms with van der Waals surface area (Å²) in [6.07, 6.45) is 1.31. The number of imidazole rings is 1. The molecule has 0 aliphatic heterocycles. The van der Waals surface area contributed by atoms with Crippen molar-refractivity contribution in [1.82, 2.24) is 14.9 Å². The van der Waals surface area contributed by atoms with E-state index < -0.39 is 17.7 Å². The maximum Gasteiger partial charge on any atom is 0.272 e. The lowest BCUT2D eigenvalue weighted by Crippen LogP contribution is -2.25. The van der Waals surface area contributed by atoms with Gasteiger partial charge in [-0.05, 0) is 24.3 Å². The van der Waals surface area contributed by atoms with Crippen molar-refractivity contribution in [2.24, 2.45) is 5.73 Å². The molecule has 0 radical (unpaired) electrons. The van der Waals surface area contributed by atoms with E-state index in [1.54, 1.807) is 42.5 Å². The largest absolute Gasteiger partial charge is 0.494 e. The summed E-state index contributed by atoms with van der Waals surface area (Å²) in [6.45, 7) is 0. The lowest BCUT2D eigenvalue weighted by atomic mass is 10.2. The van der Waals surface area contributed by atoms with Gasteiger partial charge in [0.25, 0.3) is 17.7 Å². The molecule has 0 aliphatic carbocycles. The molecule has 0 aliphatic rings. The molecule has 0 fully saturated rings. The molecule has 2 aromatic carbocycles. The predicted octanol–water partition coefficient (Wildman–Crippen LogP) is 2.25. The molecule has 3 aromatic rings. The second-order valence-corrected chi connectivity index (χ2v) is 6.48. The molecule has 0 saturated carbocycles. The van der Waals surface area contributed by atoms with Gasteiger partial charge in [-0.25, -0.2) is 4.98 Å². The fourth-order valence-corrected chi connectivity index (χ4v) is 3.05. The van der Waals surface area contributed by atoms with Crippen LogP contribution in [0.15, 0.2) is 48.8 Å². The smallest absolute Gasteiger partial charge is 0.272 e. The molecular weight excluding hydrogens is 410 g/mol. The number of aromatic nitrogens is 2. The number of primary amides is 1. The van der Waals surface area contributed by atoms with Gasteiger partial charge in [0.05, 0.1) is 29.1 Å². The summed E-state index contributed by atoms with van der Waals surface area (Å²) in [4.78, 5) is 40.4. The maximum atomic E-state index is 12.5. The fraction of sp³-hybridized carbons (Fsp3) is 0.100. The Morgan fingerprint density at radius 3 is 2.50 bits per heavy atom. The molecule has 1 heterocycles. The van der Waals surface area contributed by atoms with Crippen LogP contribution in [0.25, 0.3) is 5.69 Å². The molecule has 9 nitrogen and oxygen atoms in total. The molecule has 10 heteroatoms. The molecule has 154 valence electrons. The van der Waals surface area contributed by atoms with E-state index in [9.17, 15) is 14.4 Å². The quantitative estimate of drug-likeness (QED) is 0.555. The van der Waals surface area contributed by atoms with Crippen LogP contribution in [-0.4, -0.2) is 41.4 Å². The SMILES string of the molecule is CNC(=O)c1ncn(-c2ccc(NC(=O)c3ccccc3Cl)c(OC)c2)c1C(N)=O. The lowest BCUT2D eigenvalue weighted by Gasteiger charge is -2.14. The summed E-state index contributed by atoms with van der Waals surface area (Å²) in [7, 11) is 2.86. The highest BCUT2D eigenvalue weighted by atomic mass is 35.5. The molecule has 0 atom stereocenters. The molecule has 30 heavy (non-hydrogen) atoms. The Morgan fingerprint density at radius 2 is 1.87 bits per heavy atom. The van der Waals surface area contributed by atoms with E-state index >= 15 is 0 Å². The Morgan fingerprint density at radius 1 is 1.13 bits per heavy atom. The number of nitrogens with one attached hydrogen (secondary N) is 2. The number of carbonyl (C=O) groups is 3. The van der Waals surface area contributed by atoms with Gasteiger partial charge in [-0.1, -0.05) is 23.7 Å². The summed E-state index contributed by atoms with van der Waals surface area (Å²) in [5.74, 6) is -1.45. The van der Waals surface area contributed by atoms with E-state index in [4.69, 9.17) is 22.1 Å². The van der Waals surface area contributed by atoms with E-state index in [2.05, 4.69) is 15.6 Å². The Labute approximate surface area is 176 Å². The molecule has 0 spiro atoms. The lowest BCUT2D eigenvalue weighted by molar-refractivity contribution is 0.0937. The zero-order valence-corrected chi connectivity index (χ0v) is 16.9. The average Bonchev–Trinajstić information content (AvgIpc) is 3.19. The maximum absolute atomic E-state index is 12.5. The summed E-state index contributed by atoms with van der Waals surface area (Å²) in [5, 5.41) is 5.46. The molecular formula is C20H18ClN5O4. The number of benzene rings is 2. The van der Waals surface area contributed by atoms with Crippen molar-refractivity contribution in [1.29, 1.82) is 0 Å². The predicted molar refractivity (Wildman–Crippen MR) is 111 cm³/mol. The number of nitrogens with two attached hydrogens (primary N) is 1. The number of hydrogen-bond donors (Lipinski definition) is 3. The van der Waals surface area contributed by atoms with Crippen LogP contribution in [0.1, 0.15) is 31.3 Å². The van der Waals surface area contributed by atoms with Crippen molar-refractivity contribution in [3.8, 4) is 11.4 Å². The molecule has 0 saturated heterocycles. The van der Waals surface area contributed by atoms with Crippen LogP contribution in [0.4, 0.5) is 5.69 Å². The van der Waals surface area contributed by atoms with Crippen molar-refractivity contribution < 1.29 is 19.1 Å². The number of hydrogen-bond acceptors (Lipinski definition) is 5. The first-order valence-corrected chi connectivity index (χ1v) is 9.08. The number of amides is 3. The molecule has 0 bridgehead atoms. The topological polar surface area (TPSA) is 128 Å². The van der Waals surface area contributed by atoms with E-state index in [0.29, 0.717) is 27.7 Å². The third-order valence-electron chi connectivity index (χ3n) is 4.27. The van der Waals surface area contributed by atoms with E-state index in [0.717, 1.165) is 0 Å². The molecule has 1 aromatic heterocycles. The van der Waals surface area contributed by atoms with Crippen molar-refractivity contribution in [3.63, 3.8) is 0 Å². The highest BCUT2D eigenvalue weighted by Gasteiger charge is 2.23. The highest BCUT2D eigenvalue weighted by molar-refractivity contribution is 6.34. The number of carbonyl (C=O) groups excluding carboxylic acids is 3. The second kappa shape index (κ2) is 8.66. The van der Waals surface area contributed by atoms with Crippen LogP contribution in [-0.2, 0) is 0 Å². The standard InChI is InChI=1S/C20H18ClN5O4/c1-23-20(29)16-17(18(22)27)26(10-24-16)11-7-8-14(15(9-11)30-2)25-19(28)12-5-3-4-6-13(12)21/h3-10H,1-2H3,(H2,22,27)(H,23,29)(H,25,28). The minimum atomic E-state index is -0.818. The number of methoxy groups -OCH3 is 1. The first kappa shape index (κ1) is 20.9. The van der Waals surface area contributed by atoms with Crippen molar-refractivity contribution in [2.75, 3.05) is 19.5 Å². The van der Waals surface area contributed by atoms with Crippen LogP contribution in [0.3, 0.4) is 0 Å². The van der Waals surface area contributed by atoms with Crippen molar-refractivity contribution in [2.45, 2.75) is 0 Å². The van der Waals surface area contributed by atoms with E-state index in [1.165, 1.54) is 25.1 Å². The summed E-state index contributed by atoms with van der Waals surface area (Å²) >= 11 is 6.07. The van der Waals surface area contributed by atoms with Gasteiger partial charge in [-0.15, -0.1) is 0 Å². The van der Waals surface area contributed by atoms with Gasteiger partial charge < -0.3 is 21.1 Å². The van der Waals surface area contributed by atoms with Gasteiger partial charge in [0.15, 0.2) is 5.69 Å². The summed E-state index contributed by atoms with van der Waals surface area (Å²) in [6, 6.07) is 11.4. The van der Waals surface area contributed by atoms with Gasteiger partial charge in [0, 0.05) is 13.1 Å². The fourth-order valence-electron chi connectivity index (χ4n) is 2.83. The van der Waals surface area contributed by atoms with Gasteiger partial charge in [-0.2, -0.15) is 0 Å². The van der Waals surface area contributed by atoms with Crippen LogP contribution < -0.4 is 21.1 Å². The van der Waals surface area contributed by atoms with E-state index in [1.807, 2.05) is 0 Å². The Hall–Kier alpha value is -3.85. The summed E-state index contributed by atoms with van der Waals surface area (Å²) in [5.41, 5.74) is 6.43. The van der Waals surface area contributed by atoms with Gasteiger partial charge in [0.2, 0.25) is 0 Å². The van der Waals surface area contributed by atoms with Crippen LogP contribution in [0.5, 0.6) is 5.75 Å². The minimum Gasteiger partial charge on any atom is -0.494 e. The number of ether oxygens (including phenoxy) is 1. The Balaban J connectivity index is 1.98. The number of halogens is 1. The van der Waals surface area contributed by atoms with Gasteiger partial charge in [0.1, 0.15) is 17.8 Å². The Kier molecular flexibility index (Phi) is 6.03. The molecule has 4 N–H and O–H groups in total. The van der Waals surface area contributed by atoms with Gasteiger partial charge >= 0.3 is 0 Å².